The summed E-state index contributed by atoms with van der Waals surface area (Å²) in [6, 6.07) is 12.5. The van der Waals surface area contributed by atoms with Crippen LogP contribution in [-0.2, 0) is 9.59 Å². The zero-order valence-electron chi connectivity index (χ0n) is 13.8. The quantitative estimate of drug-likeness (QED) is 0.795. The van der Waals surface area contributed by atoms with Crippen molar-refractivity contribution in [2.45, 2.75) is 13.0 Å². The normalized spacial score (nSPS) is 11.5. The predicted octanol–water partition coefficient (Wildman–Crippen LogP) is 3.45. The molecule has 1 atom stereocenters. The summed E-state index contributed by atoms with van der Waals surface area (Å²) in [6.45, 7) is 1.49. The van der Waals surface area contributed by atoms with Crippen molar-refractivity contribution >= 4 is 33.4 Å². The number of likely N-dealkylation sites (N-methyl/N-ethyl adjacent to an activating group) is 1. The second kappa shape index (κ2) is 8.62. The molecule has 132 valence electrons. The smallest absolute Gasteiger partial charge is 0.263 e. The topological polar surface area (TPSA) is 58.6 Å². The van der Waals surface area contributed by atoms with Crippen molar-refractivity contribution in [2.24, 2.45) is 0 Å². The SMILES string of the molecule is C[C@@H](Oc1ccc(Br)cc1)C(=O)N(C)CC(=O)Nc1ccc(F)cc1. The molecule has 0 aliphatic carbocycles. The van der Waals surface area contributed by atoms with Gasteiger partial charge in [-0.25, -0.2) is 4.39 Å². The third kappa shape index (κ3) is 5.86. The lowest BCUT2D eigenvalue weighted by Gasteiger charge is -2.21. The molecule has 2 amide bonds. The van der Waals surface area contributed by atoms with Crippen molar-refractivity contribution in [3.8, 4) is 5.75 Å². The van der Waals surface area contributed by atoms with Gasteiger partial charge in [0.25, 0.3) is 5.91 Å². The molecule has 1 N–H and O–H groups in total. The fourth-order valence-electron chi connectivity index (χ4n) is 2.11. The molecule has 2 aromatic carbocycles. The average molecular weight is 409 g/mol. The van der Waals surface area contributed by atoms with Crippen LogP contribution in [0.15, 0.2) is 53.0 Å². The van der Waals surface area contributed by atoms with Gasteiger partial charge in [-0.2, -0.15) is 0 Å². The molecule has 0 saturated heterocycles. The first kappa shape index (κ1) is 18.9. The number of ether oxygens (including phenoxy) is 1. The van der Waals surface area contributed by atoms with Crippen molar-refractivity contribution in [2.75, 3.05) is 18.9 Å². The largest absolute Gasteiger partial charge is 0.481 e. The van der Waals surface area contributed by atoms with Gasteiger partial charge in [0.05, 0.1) is 6.54 Å². The van der Waals surface area contributed by atoms with Gasteiger partial charge in [0.15, 0.2) is 6.10 Å². The zero-order chi connectivity index (χ0) is 18.4. The molecule has 2 aromatic rings. The van der Waals surface area contributed by atoms with Crippen molar-refractivity contribution in [3.05, 3.63) is 58.8 Å². The number of anilines is 1. The maximum Gasteiger partial charge on any atom is 0.263 e. The minimum absolute atomic E-state index is 0.135. The summed E-state index contributed by atoms with van der Waals surface area (Å²) in [5.41, 5.74) is 0.464. The highest BCUT2D eigenvalue weighted by atomic mass is 79.9. The van der Waals surface area contributed by atoms with Gasteiger partial charge in [-0.15, -0.1) is 0 Å². The van der Waals surface area contributed by atoms with Crippen molar-refractivity contribution in [1.29, 1.82) is 0 Å². The molecule has 0 saturated carbocycles. The van der Waals surface area contributed by atoms with Crippen LogP contribution in [0.1, 0.15) is 6.92 Å². The standard InChI is InChI=1S/C18H18BrFN2O3/c1-12(25-16-9-3-13(19)4-10-16)18(24)22(2)11-17(23)21-15-7-5-14(20)6-8-15/h3-10,12H,11H2,1-2H3,(H,21,23)/t12-/m1/s1. The molecule has 0 bridgehead atoms. The van der Waals surface area contributed by atoms with Crippen LogP contribution < -0.4 is 10.1 Å². The summed E-state index contributed by atoms with van der Waals surface area (Å²) in [4.78, 5) is 25.6. The number of halogens is 2. The van der Waals surface area contributed by atoms with Gasteiger partial charge in [-0.1, -0.05) is 15.9 Å². The van der Waals surface area contributed by atoms with Crippen LogP contribution in [0.5, 0.6) is 5.75 Å². The number of carbonyl (C=O) groups excluding carboxylic acids is 2. The van der Waals surface area contributed by atoms with Gasteiger partial charge < -0.3 is 15.0 Å². The molecule has 0 unspecified atom stereocenters. The lowest BCUT2D eigenvalue weighted by Crippen LogP contribution is -2.41. The van der Waals surface area contributed by atoms with E-state index >= 15 is 0 Å². The summed E-state index contributed by atoms with van der Waals surface area (Å²) >= 11 is 3.33. The molecule has 0 radical (unpaired) electrons. The maximum absolute atomic E-state index is 12.8. The number of benzene rings is 2. The average Bonchev–Trinajstić information content (AvgIpc) is 2.58. The molecule has 0 heterocycles. The van der Waals surface area contributed by atoms with E-state index in [9.17, 15) is 14.0 Å². The van der Waals surface area contributed by atoms with Crippen LogP contribution in [0.2, 0.25) is 0 Å². The van der Waals surface area contributed by atoms with Gasteiger partial charge in [0.1, 0.15) is 11.6 Å². The second-order valence-electron chi connectivity index (χ2n) is 5.46. The lowest BCUT2D eigenvalue weighted by atomic mass is 10.3. The molecular formula is C18H18BrFN2O3. The molecule has 7 heteroatoms. The molecular weight excluding hydrogens is 391 g/mol. The van der Waals surface area contributed by atoms with Crippen LogP contribution in [0.3, 0.4) is 0 Å². The Morgan fingerprint density at radius 2 is 1.76 bits per heavy atom. The summed E-state index contributed by atoms with van der Waals surface area (Å²) in [5, 5.41) is 2.60. The van der Waals surface area contributed by atoms with E-state index in [-0.39, 0.29) is 24.2 Å². The van der Waals surface area contributed by atoms with Gasteiger partial charge >= 0.3 is 0 Å². The number of hydrogen-bond acceptors (Lipinski definition) is 3. The Hall–Kier alpha value is -2.41. The minimum Gasteiger partial charge on any atom is -0.481 e. The summed E-state index contributed by atoms with van der Waals surface area (Å²) in [5.74, 6) is -0.520. The second-order valence-corrected chi connectivity index (χ2v) is 6.38. The molecule has 0 aliphatic rings. The lowest BCUT2D eigenvalue weighted by molar-refractivity contribution is -0.139. The fourth-order valence-corrected chi connectivity index (χ4v) is 2.37. The maximum atomic E-state index is 12.8. The zero-order valence-corrected chi connectivity index (χ0v) is 15.4. The molecule has 0 aromatic heterocycles. The Labute approximate surface area is 153 Å². The highest BCUT2D eigenvalue weighted by Crippen LogP contribution is 2.17. The third-order valence-electron chi connectivity index (χ3n) is 3.36. The molecule has 25 heavy (non-hydrogen) atoms. The Balaban J connectivity index is 1.86. The third-order valence-corrected chi connectivity index (χ3v) is 3.89. The van der Waals surface area contributed by atoms with Crippen LogP contribution in [-0.4, -0.2) is 36.4 Å². The highest BCUT2D eigenvalue weighted by molar-refractivity contribution is 9.10. The molecule has 0 fully saturated rings. The van der Waals surface area contributed by atoms with E-state index in [1.165, 1.54) is 36.2 Å². The van der Waals surface area contributed by atoms with Gasteiger partial charge in [-0.05, 0) is 55.5 Å². The highest BCUT2D eigenvalue weighted by Gasteiger charge is 2.21. The fraction of sp³-hybridized carbons (Fsp3) is 0.222. The van der Waals surface area contributed by atoms with E-state index in [1.54, 1.807) is 19.1 Å². The first-order valence-corrected chi connectivity index (χ1v) is 8.37. The first-order chi connectivity index (χ1) is 11.8. The number of nitrogens with zero attached hydrogens (tertiary/aromatic N) is 1. The summed E-state index contributed by atoms with van der Waals surface area (Å²) in [6.07, 6.45) is -0.732. The molecule has 0 spiro atoms. The Bertz CT molecular complexity index is 735. The molecule has 0 aliphatic heterocycles. The Kier molecular flexibility index (Phi) is 6.52. The van der Waals surface area contributed by atoms with E-state index in [2.05, 4.69) is 21.2 Å². The van der Waals surface area contributed by atoms with Gasteiger partial charge in [-0.3, -0.25) is 9.59 Å². The number of nitrogens with one attached hydrogen (secondary N) is 1. The number of hydrogen-bond donors (Lipinski definition) is 1. The van der Waals surface area contributed by atoms with Crippen LogP contribution >= 0.6 is 15.9 Å². The minimum atomic E-state index is -0.732. The summed E-state index contributed by atoms with van der Waals surface area (Å²) < 4.78 is 19.3. The first-order valence-electron chi connectivity index (χ1n) is 7.58. The predicted molar refractivity (Wildman–Crippen MR) is 96.9 cm³/mol. The van der Waals surface area contributed by atoms with Crippen LogP contribution in [0, 0.1) is 5.82 Å². The molecule has 2 rings (SSSR count). The van der Waals surface area contributed by atoms with E-state index in [4.69, 9.17) is 4.74 Å². The van der Waals surface area contributed by atoms with Crippen molar-refractivity contribution < 1.29 is 18.7 Å². The van der Waals surface area contributed by atoms with Crippen molar-refractivity contribution in [3.63, 3.8) is 0 Å². The van der Waals surface area contributed by atoms with Crippen LogP contribution in [0.25, 0.3) is 0 Å². The monoisotopic (exact) mass is 408 g/mol. The van der Waals surface area contributed by atoms with Crippen molar-refractivity contribution in [1.82, 2.24) is 4.90 Å². The Morgan fingerprint density at radius 1 is 1.16 bits per heavy atom. The van der Waals surface area contributed by atoms with E-state index in [0.717, 1.165) is 4.47 Å². The van der Waals surface area contributed by atoms with Crippen LogP contribution in [0.4, 0.5) is 10.1 Å². The van der Waals surface area contributed by atoms with E-state index in [1.807, 2.05) is 12.1 Å². The van der Waals surface area contributed by atoms with E-state index in [0.29, 0.717) is 11.4 Å². The number of carbonyl (C=O) groups is 2. The number of amides is 2. The Morgan fingerprint density at radius 3 is 2.36 bits per heavy atom. The number of rotatable bonds is 6. The summed E-state index contributed by atoms with van der Waals surface area (Å²) in [7, 11) is 1.52. The van der Waals surface area contributed by atoms with Gasteiger partial charge in [0.2, 0.25) is 5.91 Å². The van der Waals surface area contributed by atoms with E-state index < -0.39 is 6.10 Å². The van der Waals surface area contributed by atoms with Gasteiger partial charge in [0, 0.05) is 17.2 Å². The molecule has 5 nitrogen and oxygen atoms in total.